The Morgan fingerprint density at radius 3 is 3.05 bits per heavy atom. The lowest BCUT2D eigenvalue weighted by Crippen LogP contribution is -2.27. The summed E-state index contributed by atoms with van der Waals surface area (Å²) in [6, 6.07) is 8.36. The third-order valence-electron chi connectivity index (χ3n) is 3.82. The molecule has 1 saturated heterocycles. The molecular formula is C15H15BrN2O. The first-order valence-corrected chi connectivity index (χ1v) is 7.32. The molecule has 2 unspecified atom stereocenters. The standard InChI is InChI=1S/C15H15BrN2O/c1-2-13-11(8-14(19)18-13)9-5-6-12(16)10-4-3-7-17-15(9)10/h3-7,11,13H,2,8H2,1H3,(H,18,19). The molecule has 1 aliphatic rings. The third-order valence-corrected chi connectivity index (χ3v) is 4.52. The zero-order chi connectivity index (χ0) is 13.4. The molecule has 3 nitrogen and oxygen atoms in total. The Balaban J connectivity index is 2.15. The summed E-state index contributed by atoms with van der Waals surface area (Å²) in [5.41, 5.74) is 2.17. The monoisotopic (exact) mass is 318 g/mol. The molecular weight excluding hydrogens is 304 g/mol. The predicted molar refractivity (Wildman–Crippen MR) is 79.0 cm³/mol. The number of halogens is 1. The van der Waals surface area contributed by atoms with E-state index in [1.165, 1.54) is 5.56 Å². The molecule has 0 saturated carbocycles. The Morgan fingerprint density at radius 1 is 1.42 bits per heavy atom. The molecule has 0 bridgehead atoms. The van der Waals surface area contributed by atoms with Crippen molar-refractivity contribution in [2.45, 2.75) is 31.7 Å². The van der Waals surface area contributed by atoms with Crippen LogP contribution in [0.15, 0.2) is 34.9 Å². The number of benzene rings is 1. The zero-order valence-corrected chi connectivity index (χ0v) is 12.3. The Labute approximate surface area is 120 Å². The van der Waals surface area contributed by atoms with Gasteiger partial charge in [0.15, 0.2) is 0 Å². The molecule has 1 aliphatic heterocycles. The van der Waals surface area contributed by atoms with E-state index < -0.39 is 0 Å². The van der Waals surface area contributed by atoms with Gasteiger partial charge in [-0.15, -0.1) is 0 Å². The second-order valence-electron chi connectivity index (χ2n) is 4.93. The molecule has 0 aliphatic carbocycles. The van der Waals surface area contributed by atoms with Crippen molar-refractivity contribution in [3.8, 4) is 0 Å². The Hall–Kier alpha value is -1.42. The van der Waals surface area contributed by atoms with Crippen molar-refractivity contribution in [2.75, 3.05) is 0 Å². The largest absolute Gasteiger partial charge is 0.353 e. The summed E-state index contributed by atoms with van der Waals surface area (Å²) < 4.78 is 1.05. The van der Waals surface area contributed by atoms with Crippen LogP contribution in [-0.4, -0.2) is 16.9 Å². The van der Waals surface area contributed by atoms with E-state index >= 15 is 0 Å². The van der Waals surface area contributed by atoms with Gasteiger partial charge in [-0.3, -0.25) is 9.78 Å². The van der Waals surface area contributed by atoms with Crippen molar-refractivity contribution in [3.63, 3.8) is 0 Å². The molecule has 2 heterocycles. The number of hydrogen-bond acceptors (Lipinski definition) is 2. The fourth-order valence-corrected chi connectivity index (χ4v) is 3.33. The summed E-state index contributed by atoms with van der Waals surface area (Å²) in [5, 5.41) is 4.16. The lowest BCUT2D eigenvalue weighted by Gasteiger charge is -2.19. The summed E-state index contributed by atoms with van der Waals surface area (Å²) >= 11 is 3.56. The highest BCUT2D eigenvalue weighted by Gasteiger charge is 2.33. The van der Waals surface area contributed by atoms with Crippen molar-refractivity contribution in [3.05, 3.63) is 40.5 Å². The SMILES string of the molecule is CCC1NC(=O)CC1c1ccc(Br)c2cccnc12. The number of aromatic nitrogens is 1. The molecule has 19 heavy (non-hydrogen) atoms. The highest BCUT2D eigenvalue weighted by Crippen LogP contribution is 2.36. The van der Waals surface area contributed by atoms with Crippen LogP contribution in [0.1, 0.15) is 31.2 Å². The number of carbonyl (C=O) groups excluding carboxylic acids is 1. The maximum absolute atomic E-state index is 11.7. The Kier molecular flexibility index (Phi) is 3.27. The minimum Gasteiger partial charge on any atom is -0.353 e. The van der Waals surface area contributed by atoms with Crippen molar-refractivity contribution < 1.29 is 4.79 Å². The van der Waals surface area contributed by atoms with E-state index in [1.54, 1.807) is 0 Å². The summed E-state index contributed by atoms with van der Waals surface area (Å²) in [6.07, 6.45) is 3.32. The van der Waals surface area contributed by atoms with Gasteiger partial charge in [0.2, 0.25) is 5.91 Å². The first-order chi connectivity index (χ1) is 9.20. The predicted octanol–water partition coefficient (Wildman–Crippen LogP) is 3.38. The van der Waals surface area contributed by atoms with Gasteiger partial charge in [-0.25, -0.2) is 0 Å². The van der Waals surface area contributed by atoms with Gasteiger partial charge in [0.25, 0.3) is 0 Å². The lowest BCUT2D eigenvalue weighted by molar-refractivity contribution is -0.119. The van der Waals surface area contributed by atoms with E-state index in [-0.39, 0.29) is 17.9 Å². The van der Waals surface area contributed by atoms with Crippen LogP contribution in [0.25, 0.3) is 10.9 Å². The van der Waals surface area contributed by atoms with Crippen LogP contribution in [-0.2, 0) is 4.79 Å². The average Bonchev–Trinajstić information content (AvgIpc) is 2.80. The van der Waals surface area contributed by atoms with Crippen molar-refractivity contribution in [1.82, 2.24) is 10.3 Å². The van der Waals surface area contributed by atoms with Crippen LogP contribution >= 0.6 is 15.9 Å². The summed E-state index contributed by atoms with van der Waals surface area (Å²) in [4.78, 5) is 16.2. The van der Waals surface area contributed by atoms with Gasteiger partial charge in [0, 0.05) is 34.4 Å². The van der Waals surface area contributed by atoms with E-state index in [0.717, 1.165) is 21.8 Å². The normalized spacial score (nSPS) is 22.7. The molecule has 1 aromatic heterocycles. The van der Waals surface area contributed by atoms with E-state index in [4.69, 9.17) is 0 Å². The molecule has 98 valence electrons. The zero-order valence-electron chi connectivity index (χ0n) is 10.7. The van der Waals surface area contributed by atoms with Gasteiger partial charge in [-0.05, 0) is 24.1 Å². The smallest absolute Gasteiger partial charge is 0.220 e. The number of fused-ring (bicyclic) bond motifs is 1. The maximum atomic E-state index is 11.7. The minimum atomic E-state index is 0.142. The summed E-state index contributed by atoms with van der Waals surface area (Å²) in [7, 11) is 0. The van der Waals surface area contributed by atoms with Crippen molar-refractivity contribution in [1.29, 1.82) is 0 Å². The van der Waals surface area contributed by atoms with Crippen molar-refractivity contribution in [2.24, 2.45) is 0 Å². The van der Waals surface area contributed by atoms with Gasteiger partial charge < -0.3 is 5.32 Å². The van der Waals surface area contributed by atoms with Gasteiger partial charge in [-0.2, -0.15) is 0 Å². The average molecular weight is 319 g/mol. The highest BCUT2D eigenvalue weighted by atomic mass is 79.9. The van der Waals surface area contributed by atoms with Gasteiger partial charge in [0.05, 0.1) is 5.52 Å². The molecule has 0 radical (unpaired) electrons. The second-order valence-corrected chi connectivity index (χ2v) is 5.78. The third kappa shape index (κ3) is 2.14. The summed E-state index contributed by atoms with van der Waals surface area (Å²) in [6.45, 7) is 2.11. The van der Waals surface area contributed by atoms with Gasteiger partial charge >= 0.3 is 0 Å². The maximum Gasteiger partial charge on any atom is 0.220 e. The van der Waals surface area contributed by atoms with Crippen LogP contribution in [0, 0.1) is 0 Å². The molecule has 3 rings (SSSR count). The number of nitrogens with zero attached hydrogens (tertiary/aromatic N) is 1. The quantitative estimate of drug-likeness (QED) is 0.922. The van der Waals surface area contributed by atoms with Crippen LogP contribution < -0.4 is 5.32 Å². The number of rotatable bonds is 2. The van der Waals surface area contributed by atoms with Crippen molar-refractivity contribution >= 4 is 32.7 Å². The van der Waals surface area contributed by atoms with E-state index in [0.29, 0.717) is 6.42 Å². The topological polar surface area (TPSA) is 42.0 Å². The minimum absolute atomic E-state index is 0.142. The Morgan fingerprint density at radius 2 is 2.26 bits per heavy atom. The molecule has 1 aromatic carbocycles. The first kappa shape index (κ1) is 12.6. The molecule has 2 aromatic rings. The van der Waals surface area contributed by atoms with E-state index in [9.17, 15) is 4.79 Å². The molecule has 2 atom stereocenters. The molecule has 1 fully saturated rings. The Bertz CT molecular complexity index is 641. The van der Waals surface area contributed by atoms with Crippen LogP contribution in [0.2, 0.25) is 0 Å². The van der Waals surface area contributed by atoms with Crippen LogP contribution in [0.3, 0.4) is 0 Å². The van der Waals surface area contributed by atoms with Gasteiger partial charge in [0.1, 0.15) is 0 Å². The lowest BCUT2D eigenvalue weighted by atomic mass is 9.89. The van der Waals surface area contributed by atoms with Gasteiger partial charge in [-0.1, -0.05) is 35.0 Å². The fraction of sp³-hybridized carbons (Fsp3) is 0.333. The van der Waals surface area contributed by atoms with E-state index in [2.05, 4.69) is 51.4 Å². The number of hydrogen-bond donors (Lipinski definition) is 1. The fourth-order valence-electron chi connectivity index (χ4n) is 2.88. The second kappa shape index (κ2) is 4.93. The molecule has 1 amide bonds. The van der Waals surface area contributed by atoms with Crippen LogP contribution in [0.5, 0.6) is 0 Å². The highest BCUT2D eigenvalue weighted by molar-refractivity contribution is 9.10. The molecule has 4 heteroatoms. The summed E-state index contributed by atoms with van der Waals surface area (Å²) in [5.74, 6) is 0.367. The number of nitrogens with one attached hydrogen (secondary N) is 1. The van der Waals surface area contributed by atoms with Crippen LogP contribution in [0.4, 0.5) is 0 Å². The first-order valence-electron chi connectivity index (χ1n) is 6.53. The molecule has 0 spiro atoms. The molecule has 1 N–H and O–H groups in total. The number of amides is 1. The number of carbonyl (C=O) groups is 1. The number of pyridine rings is 1. The van der Waals surface area contributed by atoms with E-state index in [1.807, 2.05) is 12.3 Å².